The number of para-hydroxylation sites is 2. The third-order valence-corrected chi connectivity index (χ3v) is 4.45. The summed E-state index contributed by atoms with van der Waals surface area (Å²) in [7, 11) is 0. The Morgan fingerprint density at radius 3 is 2.83 bits per heavy atom. The van der Waals surface area contributed by atoms with Gasteiger partial charge in [-0.15, -0.1) is 0 Å². The molecule has 128 valence electrons. The highest BCUT2D eigenvalue weighted by Gasteiger charge is 2.33. The van der Waals surface area contributed by atoms with Gasteiger partial charge in [0.15, 0.2) is 0 Å². The van der Waals surface area contributed by atoms with Crippen LogP contribution in [0, 0.1) is 0 Å². The minimum absolute atomic E-state index is 0.0701. The summed E-state index contributed by atoms with van der Waals surface area (Å²) in [6, 6.07) is 7.67. The number of carbonyl (C=O) groups is 2. The molecule has 0 spiro atoms. The number of imidazole rings is 1. The van der Waals surface area contributed by atoms with Crippen molar-refractivity contribution >= 4 is 22.9 Å². The quantitative estimate of drug-likeness (QED) is 0.791. The van der Waals surface area contributed by atoms with Crippen molar-refractivity contribution in [1.29, 1.82) is 0 Å². The zero-order valence-electron chi connectivity index (χ0n) is 14.2. The fraction of sp³-hybridized carbons (Fsp3) is 0.500. The average molecular weight is 329 g/mol. The molecule has 1 aliphatic heterocycles. The maximum absolute atomic E-state index is 12.2. The van der Waals surface area contributed by atoms with Crippen LogP contribution in [0.3, 0.4) is 0 Å². The van der Waals surface area contributed by atoms with Crippen LogP contribution in [0.4, 0.5) is 0 Å². The Morgan fingerprint density at radius 2 is 2.08 bits per heavy atom. The third-order valence-electron chi connectivity index (χ3n) is 4.45. The van der Waals surface area contributed by atoms with Crippen LogP contribution in [0.25, 0.3) is 11.0 Å². The number of ether oxygens (including phenoxy) is 1. The Hall–Kier alpha value is -2.37. The number of carbonyl (C=O) groups excluding carboxylic acids is 2. The summed E-state index contributed by atoms with van der Waals surface area (Å²) in [5, 5.41) is 0. The first-order valence-corrected chi connectivity index (χ1v) is 8.56. The van der Waals surface area contributed by atoms with Gasteiger partial charge in [0.25, 0.3) is 0 Å². The van der Waals surface area contributed by atoms with Gasteiger partial charge in [0.1, 0.15) is 12.4 Å². The zero-order chi connectivity index (χ0) is 17.1. The van der Waals surface area contributed by atoms with Crippen LogP contribution >= 0.6 is 0 Å². The number of benzene rings is 1. The molecule has 1 amide bonds. The second-order valence-electron chi connectivity index (χ2n) is 5.95. The monoisotopic (exact) mass is 329 g/mol. The Kier molecular flexibility index (Phi) is 4.83. The Morgan fingerprint density at radius 1 is 1.29 bits per heavy atom. The van der Waals surface area contributed by atoms with Gasteiger partial charge in [-0.05, 0) is 31.9 Å². The molecule has 1 atom stereocenters. The van der Waals surface area contributed by atoms with Crippen molar-refractivity contribution in [3.63, 3.8) is 0 Å². The molecule has 0 aliphatic carbocycles. The van der Waals surface area contributed by atoms with Crippen LogP contribution in [0.5, 0.6) is 0 Å². The molecule has 0 bridgehead atoms. The molecule has 1 aromatic carbocycles. The van der Waals surface area contributed by atoms with Gasteiger partial charge in [0.05, 0.1) is 23.7 Å². The van der Waals surface area contributed by atoms with Crippen molar-refractivity contribution in [2.75, 3.05) is 13.2 Å². The lowest BCUT2D eigenvalue weighted by Gasteiger charge is -2.24. The van der Waals surface area contributed by atoms with E-state index in [2.05, 4.69) is 0 Å². The van der Waals surface area contributed by atoms with E-state index in [0.717, 1.165) is 36.2 Å². The van der Waals surface area contributed by atoms with E-state index in [1.165, 1.54) is 0 Å². The van der Waals surface area contributed by atoms with E-state index in [4.69, 9.17) is 9.72 Å². The SMILES string of the molecule is CCOC(=O)Cn1c([C@H]2CCCN2C(=O)CC)nc2ccccc21. The van der Waals surface area contributed by atoms with Crippen molar-refractivity contribution < 1.29 is 14.3 Å². The molecule has 0 radical (unpaired) electrons. The van der Waals surface area contributed by atoms with Crippen LogP contribution in [-0.4, -0.2) is 39.5 Å². The molecule has 6 heteroatoms. The number of amides is 1. The number of fused-ring (bicyclic) bond motifs is 1. The van der Waals surface area contributed by atoms with Crippen LogP contribution in [0.2, 0.25) is 0 Å². The van der Waals surface area contributed by atoms with Gasteiger partial charge in [-0.25, -0.2) is 4.98 Å². The van der Waals surface area contributed by atoms with Gasteiger partial charge < -0.3 is 14.2 Å². The maximum atomic E-state index is 12.2. The fourth-order valence-corrected chi connectivity index (χ4v) is 3.39. The lowest BCUT2D eigenvalue weighted by atomic mass is 10.2. The number of esters is 1. The molecule has 1 fully saturated rings. The number of hydrogen-bond acceptors (Lipinski definition) is 4. The summed E-state index contributed by atoms with van der Waals surface area (Å²) >= 11 is 0. The Balaban J connectivity index is 2.03. The third kappa shape index (κ3) is 3.00. The van der Waals surface area contributed by atoms with Gasteiger partial charge in [-0.1, -0.05) is 19.1 Å². The molecular weight excluding hydrogens is 306 g/mol. The van der Waals surface area contributed by atoms with Gasteiger partial charge in [-0.3, -0.25) is 9.59 Å². The number of aromatic nitrogens is 2. The van der Waals surface area contributed by atoms with Crippen molar-refractivity contribution in [3.8, 4) is 0 Å². The molecular formula is C18H23N3O3. The summed E-state index contributed by atoms with van der Waals surface area (Å²) in [6.07, 6.45) is 2.31. The number of likely N-dealkylation sites (tertiary alicyclic amines) is 1. The maximum Gasteiger partial charge on any atom is 0.326 e. The summed E-state index contributed by atoms with van der Waals surface area (Å²) in [4.78, 5) is 30.9. The first kappa shape index (κ1) is 16.5. The van der Waals surface area contributed by atoms with E-state index >= 15 is 0 Å². The van der Waals surface area contributed by atoms with Crippen molar-refractivity contribution in [1.82, 2.24) is 14.5 Å². The summed E-state index contributed by atoms with van der Waals surface area (Å²) in [6.45, 7) is 4.89. The van der Waals surface area contributed by atoms with E-state index in [-0.39, 0.29) is 24.5 Å². The fourth-order valence-electron chi connectivity index (χ4n) is 3.39. The minimum Gasteiger partial charge on any atom is -0.465 e. The van der Waals surface area contributed by atoms with E-state index in [0.29, 0.717) is 13.0 Å². The molecule has 2 aromatic rings. The minimum atomic E-state index is -0.284. The highest BCUT2D eigenvalue weighted by Crippen LogP contribution is 2.33. The number of nitrogens with zero attached hydrogens (tertiary/aromatic N) is 3. The topological polar surface area (TPSA) is 64.4 Å². The molecule has 0 unspecified atom stereocenters. The highest BCUT2D eigenvalue weighted by molar-refractivity contribution is 5.80. The van der Waals surface area contributed by atoms with Crippen LogP contribution in [0.1, 0.15) is 45.0 Å². The van der Waals surface area contributed by atoms with Crippen LogP contribution in [-0.2, 0) is 20.9 Å². The second kappa shape index (κ2) is 7.03. The van der Waals surface area contributed by atoms with E-state index < -0.39 is 0 Å². The first-order chi connectivity index (χ1) is 11.7. The van der Waals surface area contributed by atoms with E-state index in [9.17, 15) is 9.59 Å². The normalized spacial score (nSPS) is 17.4. The second-order valence-corrected chi connectivity index (χ2v) is 5.95. The molecule has 3 rings (SSSR count). The number of rotatable bonds is 5. The molecule has 6 nitrogen and oxygen atoms in total. The highest BCUT2D eigenvalue weighted by atomic mass is 16.5. The zero-order valence-corrected chi connectivity index (χ0v) is 14.2. The van der Waals surface area contributed by atoms with Gasteiger partial charge in [-0.2, -0.15) is 0 Å². The molecule has 2 heterocycles. The summed E-state index contributed by atoms with van der Waals surface area (Å²) in [5.41, 5.74) is 1.74. The largest absolute Gasteiger partial charge is 0.465 e. The predicted molar refractivity (Wildman–Crippen MR) is 90.3 cm³/mol. The van der Waals surface area contributed by atoms with Crippen LogP contribution < -0.4 is 0 Å². The molecule has 24 heavy (non-hydrogen) atoms. The molecule has 1 aliphatic rings. The molecule has 1 aromatic heterocycles. The smallest absolute Gasteiger partial charge is 0.326 e. The number of hydrogen-bond donors (Lipinski definition) is 0. The van der Waals surface area contributed by atoms with E-state index in [1.54, 1.807) is 6.92 Å². The van der Waals surface area contributed by atoms with Gasteiger partial charge >= 0.3 is 5.97 Å². The predicted octanol–water partition coefficient (Wildman–Crippen LogP) is 2.67. The van der Waals surface area contributed by atoms with E-state index in [1.807, 2.05) is 40.7 Å². The summed E-state index contributed by atoms with van der Waals surface area (Å²) in [5.74, 6) is 0.629. The van der Waals surface area contributed by atoms with Gasteiger partial charge in [0, 0.05) is 13.0 Å². The lowest BCUT2D eigenvalue weighted by Crippen LogP contribution is -2.31. The van der Waals surface area contributed by atoms with Crippen molar-refractivity contribution in [2.45, 2.75) is 45.7 Å². The average Bonchev–Trinajstić information content (AvgIpc) is 3.19. The molecule has 1 saturated heterocycles. The lowest BCUT2D eigenvalue weighted by molar-refractivity contribution is -0.143. The van der Waals surface area contributed by atoms with Crippen LogP contribution in [0.15, 0.2) is 24.3 Å². The van der Waals surface area contributed by atoms with Gasteiger partial charge in [0.2, 0.25) is 5.91 Å². The van der Waals surface area contributed by atoms with Crippen molar-refractivity contribution in [3.05, 3.63) is 30.1 Å². The van der Waals surface area contributed by atoms with Crippen molar-refractivity contribution in [2.24, 2.45) is 0 Å². The molecule has 0 saturated carbocycles. The molecule has 0 N–H and O–H groups in total. The summed E-state index contributed by atoms with van der Waals surface area (Å²) < 4.78 is 7.01. The first-order valence-electron chi connectivity index (χ1n) is 8.56. The Labute approximate surface area is 141 Å². The Bertz CT molecular complexity index is 753. The standard InChI is InChI=1S/C18H23N3O3/c1-3-16(22)20-11-7-10-15(20)18-19-13-8-5-6-9-14(13)21(18)12-17(23)24-4-2/h5-6,8-9,15H,3-4,7,10-12H2,1-2H3/t15-/m1/s1.